The van der Waals surface area contributed by atoms with E-state index in [0.717, 1.165) is 18.4 Å². The highest BCUT2D eigenvalue weighted by Crippen LogP contribution is 2.42. The molecule has 3 aromatic rings. The van der Waals surface area contributed by atoms with E-state index >= 15 is 0 Å². The van der Waals surface area contributed by atoms with Gasteiger partial charge in [-0.1, -0.05) is 0 Å². The number of amides is 2. The van der Waals surface area contributed by atoms with Crippen molar-refractivity contribution in [2.45, 2.75) is 95.6 Å². The zero-order valence-corrected chi connectivity index (χ0v) is 25.9. The number of rotatable bonds is 10. The van der Waals surface area contributed by atoms with E-state index in [0.29, 0.717) is 41.9 Å². The molecule has 3 atom stereocenters. The highest BCUT2D eigenvalue weighted by molar-refractivity contribution is 5.92. The highest BCUT2D eigenvalue weighted by atomic mass is 19.4. The monoisotopic (exact) mass is 650 g/mol. The van der Waals surface area contributed by atoms with E-state index in [2.05, 4.69) is 20.6 Å². The van der Waals surface area contributed by atoms with E-state index in [1.807, 2.05) is 20.0 Å². The summed E-state index contributed by atoms with van der Waals surface area (Å²) in [6.07, 6.45) is 0.312. The fourth-order valence-corrected chi connectivity index (χ4v) is 6.77. The number of carbonyl (C=O) groups is 2. The second-order valence-corrected chi connectivity index (χ2v) is 13.0. The van der Waals surface area contributed by atoms with Gasteiger partial charge < -0.3 is 10.6 Å². The summed E-state index contributed by atoms with van der Waals surface area (Å²) in [5.74, 6) is -6.44. The van der Waals surface area contributed by atoms with E-state index < -0.39 is 48.3 Å². The van der Waals surface area contributed by atoms with Gasteiger partial charge in [-0.2, -0.15) is 23.4 Å². The van der Waals surface area contributed by atoms with Crippen molar-refractivity contribution < 1.29 is 31.5 Å². The van der Waals surface area contributed by atoms with E-state index in [4.69, 9.17) is 10.1 Å². The predicted molar refractivity (Wildman–Crippen MR) is 157 cm³/mol. The molecule has 3 aromatic heterocycles. The van der Waals surface area contributed by atoms with Gasteiger partial charge in [0.25, 0.3) is 5.91 Å². The molecule has 3 fully saturated rings. The van der Waals surface area contributed by atoms with Gasteiger partial charge in [-0.05, 0) is 69.7 Å². The number of nitrogens with one attached hydrogen (secondary N) is 2. The van der Waals surface area contributed by atoms with Crippen LogP contribution in [0.2, 0.25) is 0 Å². The van der Waals surface area contributed by atoms with Crippen molar-refractivity contribution in [2.75, 3.05) is 13.6 Å². The molecule has 2 N–H and O–H groups in total. The molecule has 0 bridgehead atoms. The first-order valence-electron chi connectivity index (χ1n) is 15.9. The lowest BCUT2D eigenvalue weighted by molar-refractivity contribution is -0.183. The van der Waals surface area contributed by atoms with Gasteiger partial charge >= 0.3 is 6.18 Å². The van der Waals surface area contributed by atoms with Gasteiger partial charge in [0.1, 0.15) is 5.69 Å². The van der Waals surface area contributed by atoms with Crippen molar-refractivity contribution >= 4 is 17.5 Å². The van der Waals surface area contributed by atoms with Crippen LogP contribution in [0, 0.1) is 17.8 Å². The lowest BCUT2D eigenvalue weighted by Gasteiger charge is -2.33. The summed E-state index contributed by atoms with van der Waals surface area (Å²) in [6, 6.07) is 3.12. The average molecular weight is 651 g/mol. The zero-order chi connectivity index (χ0) is 32.8. The summed E-state index contributed by atoms with van der Waals surface area (Å²) in [5.41, 5.74) is 2.50. The third-order valence-corrected chi connectivity index (χ3v) is 9.68. The molecule has 46 heavy (non-hydrogen) atoms. The summed E-state index contributed by atoms with van der Waals surface area (Å²) >= 11 is 0. The Hall–Kier alpha value is -3.62. The molecule has 0 unspecified atom stereocenters. The van der Waals surface area contributed by atoms with Crippen LogP contribution in [0.4, 0.5) is 22.0 Å². The maximum atomic E-state index is 14.1. The summed E-state index contributed by atoms with van der Waals surface area (Å²) in [4.78, 5) is 33.1. The van der Waals surface area contributed by atoms with Crippen molar-refractivity contribution in [3.8, 4) is 0 Å². The molecule has 3 aliphatic rings. The minimum atomic E-state index is -4.42. The maximum absolute atomic E-state index is 14.1. The van der Waals surface area contributed by atoms with E-state index in [-0.39, 0.29) is 44.4 Å². The number of halogens is 5. The van der Waals surface area contributed by atoms with Crippen LogP contribution < -0.4 is 10.6 Å². The first-order valence-corrected chi connectivity index (χ1v) is 15.9. The van der Waals surface area contributed by atoms with E-state index in [9.17, 15) is 31.5 Å². The normalized spacial score (nSPS) is 23.1. The van der Waals surface area contributed by atoms with Crippen LogP contribution in [0.15, 0.2) is 24.5 Å². The summed E-state index contributed by atoms with van der Waals surface area (Å²) in [7, 11) is 1.97. The summed E-state index contributed by atoms with van der Waals surface area (Å²) in [5, 5.41) is 14.4. The first kappa shape index (κ1) is 32.3. The molecule has 0 spiro atoms. The number of fused-ring (bicyclic) bond motifs is 1. The van der Waals surface area contributed by atoms with E-state index in [1.165, 1.54) is 10.7 Å². The van der Waals surface area contributed by atoms with Crippen molar-refractivity contribution in [1.82, 2.24) is 39.9 Å². The predicted octanol–water partition coefficient (Wildman–Crippen LogP) is 4.69. The Morgan fingerprint density at radius 1 is 1.22 bits per heavy atom. The molecular weight excluding hydrogens is 611 g/mol. The molecule has 6 rings (SSSR count). The second kappa shape index (κ2) is 12.5. The topological polar surface area (TPSA) is 109 Å². The maximum Gasteiger partial charge on any atom is 0.393 e. The van der Waals surface area contributed by atoms with Gasteiger partial charge in [0, 0.05) is 57.1 Å². The fraction of sp³-hybridized carbons (Fsp3) is 0.645. The third-order valence-electron chi connectivity index (χ3n) is 9.68. The molecule has 10 nitrogen and oxygen atoms in total. The van der Waals surface area contributed by atoms with Crippen LogP contribution in [0.3, 0.4) is 0 Å². The number of hydrogen-bond donors (Lipinski definition) is 2. The van der Waals surface area contributed by atoms with Crippen molar-refractivity contribution in [3.63, 3.8) is 0 Å². The number of piperidine rings is 1. The Balaban J connectivity index is 1.34. The first-order chi connectivity index (χ1) is 21.8. The van der Waals surface area contributed by atoms with Gasteiger partial charge in [-0.3, -0.25) is 19.2 Å². The Kier molecular flexibility index (Phi) is 8.81. The Labute approximate surface area is 263 Å². The number of imidazole rings is 1. The fourth-order valence-electron chi connectivity index (χ4n) is 6.77. The molecule has 2 aliphatic carbocycles. The van der Waals surface area contributed by atoms with Crippen molar-refractivity contribution in [3.05, 3.63) is 47.2 Å². The number of aryl methyl sites for hydroxylation is 1. The molecule has 1 saturated heterocycles. The number of hydrogen-bond acceptors (Lipinski definition) is 6. The Morgan fingerprint density at radius 2 is 1.96 bits per heavy atom. The highest BCUT2D eigenvalue weighted by Gasteiger charge is 2.45. The van der Waals surface area contributed by atoms with Gasteiger partial charge in [0.15, 0.2) is 5.65 Å². The average Bonchev–Trinajstić information content (AvgIpc) is 3.60. The number of alkyl halides is 5. The van der Waals surface area contributed by atoms with E-state index in [1.54, 1.807) is 16.9 Å². The Morgan fingerprint density at radius 3 is 2.63 bits per heavy atom. The standard InChI is InChI=1S/C31H39F5N8O2/c1-3-43-25(8-11-38-43)29(46)40-27(18-6-9-30(32,33)10-7-18)24-17-44-26(39-24)14-20(16-42(2)22-4-5-22)23(41-44)13-19-12-21(31(34,35)36)15-37-28(19)45/h8,11,14,17-19,21-22,27H,3-7,9-10,12-13,15-16H2,1-2H3,(H,37,45)(H,40,46)/t19-,21-,27+/m1/s1. The molecule has 15 heteroatoms. The van der Waals surface area contributed by atoms with Crippen LogP contribution in [0.5, 0.6) is 0 Å². The van der Waals surface area contributed by atoms with Crippen LogP contribution in [0.1, 0.15) is 85.4 Å². The molecule has 1 aliphatic heterocycles. The molecule has 2 saturated carbocycles. The molecule has 250 valence electrons. The van der Waals surface area contributed by atoms with Crippen LogP contribution in [0.25, 0.3) is 5.65 Å². The second-order valence-electron chi connectivity index (χ2n) is 13.0. The van der Waals surface area contributed by atoms with Crippen molar-refractivity contribution in [2.24, 2.45) is 17.8 Å². The summed E-state index contributed by atoms with van der Waals surface area (Å²) in [6.45, 7) is 2.36. The van der Waals surface area contributed by atoms with Crippen LogP contribution >= 0.6 is 0 Å². The lowest BCUT2D eigenvalue weighted by atomic mass is 9.81. The lowest BCUT2D eigenvalue weighted by Crippen LogP contribution is -2.47. The van der Waals surface area contributed by atoms with Gasteiger partial charge in [-0.15, -0.1) is 0 Å². The SMILES string of the molecule is CCn1nccc1C(=O)N[C@H](c1cn2nc(C[C@H]3C[C@@H](C(F)(F)F)CNC3=O)c(CN(C)C3CC3)cc2n1)C1CCC(F)(F)CC1. The van der Waals surface area contributed by atoms with Gasteiger partial charge in [-0.25, -0.2) is 18.3 Å². The smallest absolute Gasteiger partial charge is 0.355 e. The minimum Gasteiger partial charge on any atom is -0.355 e. The number of nitrogens with zero attached hydrogens (tertiary/aromatic N) is 6. The molecule has 2 amide bonds. The van der Waals surface area contributed by atoms with Crippen molar-refractivity contribution in [1.29, 1.82) is 0 Å². The third kappa shape index (κ3) is 7.03. The number of carbonyl (C=O) groups excluding carboxylic acids is 2. The minimum absolute atomic E-state index is 0.0224. The molecule has 0 radical (unpaired) electrons. The zero-order valence-electron chi connectivity index (χ0n) is 25.9. The summed E-state index contributed by atoms with van der Waals surface area (Å²) < 4.78 is 72.0. The molecule has 4 heterocycles. The quantitative estimate of drug-likeness (QED) is 0.308. The number of aromatic nitrogens is 5. The van der Waals surface area contributed by atoms with Crippen LogP contribution in [-0.4, -0.2) is 72.8 Å². The molecule has 0 aromatic carbocycles. The largest absolute Gasteiger partial charge is 0.393 e. The Bertz CT molecular complexity index is 1570. The van der Waals surface area contributed by atoms with Crippen LogP contribution in [-0.2, 0) is 24.3 Å². The molecular formula is C31H39F5N8O2. The van der Waals surface area contributed by atoms with Gasteiger partial charge in [0.05, 0.1) is 29.5 Å². The van der Waals surface area contributed by atoms with Gasteiger partial charge in [0.2, 0.25) is 11.8 Å².